The second kappa shape index (κ2) is 4.65. The maximum atomic E-state index is 2.79. The Bertz CT molecular complexity index is 162. The summed E-state index contributed by atoms with van der Waals surface area (Å²) in [4.78, 5) is 2.79. The molecule has 0 aromatic carbocycles. The summed E-state index contributed by atoms with van der Waals surface area (Å²) in [6.45, 7) is 7.58. The highest BCUT2D eigenvalue weighted by atomic mass is 15.2. The third-order valence-corrected chi connectivity index (χ3v) is 3.99. The monoisotopic (exact) mass is 195 g/mol. The predicted octanol–water partition coefficient (Wildman–Crippen LogP) is 3.30. The molecule has 0 N–H and O–H groups in total. The minimum absolute atomic E-state index is 0.931. The smallest absolute Gasteiger partial charge is 0.00954 e. The lowest BCUT2D eigenvalue weighted by Gasteiger charge is -2.41. The summed E-state index contributed by atoms with van der Waals surface area (Å²) in [5.41, 5.74) is 0. The van der Waals surface area contributed by atoms with Crippen molar-refractivity contribution >= 4 is 0 Å². The van der Waals surface area contributed by atoms with Crippen LogP contribution in [0.2, 0.25) is 0 Å². The highest BCUT2D eigenvalue weighted by molar-refractivity contribution is 4.82. The van der Waals surface area contributed by atoms with Crippen LogP contribution in [0.5, 0.6) is 0 Å². The Kier molecular flexibility index (Phi) is 3.48. The molecule has 0 aromatic rings. The first-order valence-corrected chi connectivity index (χ1v) is 6.49. The summed E-state index contributed by atoms with van der Waals surface area (Å²) in [6, 6.07) is 0.939. The van der Waals surface area contributed by atoms with Gasteiger partial charge in [-0.2, -0.15) is 0 Å². The molecule has 2 unspecified atom stereocenters. The first kappa shape index (κ1) is 10.5. The quantitative estimate of drug-likeness (QED) is 0.620. The van der Waals surface area contributed by atoms with Gasteiger partial charge in [0, 0.05) is 19.1 Å². The molecule has 0 amide bonds. The Hall–Kier alpha value is -0.0400. The van der Waals surface area contributed by atoms with Gasteiger partial charge in [0.05, 0.1) is 0 Å². The first-order chi connectivity index (χ1) is 6.75. The number of likely N-dealkylation sites (tertiary alicyclic amines) is 1. The highest BCUT2D eigenvalue weighted by Gasteiger charge is 2.27. The molecule has 1 nitrogen and oxygen atoms in total. The topological polar surface area (TPSA) is 3.24 Å². The average molecular weight is 195 g/mol. The zero-order chi connectivity index (χ0) is 9.97. The van der Waals surface area contributed by atoms with Crippen LogP contribution in [0.25, 0.3) is 0 Å². The van der Waals surface area contributed by atoms with Crippen LogP contribution >= 0.6 is 0 Å². The van der Waals surface area contributed by atoms with Gasteiger partial charge in [0.15, 0.2) is 0 Å². The summed E-state index contributed by atoms with van der Waals surface area (Å²) >= 11 is 0. The molecule has 2 fully saturated rings. The van der Waals surface area contributed by atoms with E-state index in [9.17, 15) is 0 Å². The molecule has 1 saturated heterocycles. The van der Waals surface area contributed by atoms with Crippen molar-refractivity contribution in [3.63, 3.8) is 0 Å². The first-order valence-electron chi connectivity index (χ1n) is 6.49. The second-order valence-electron chi connectivity index (χ2n) is 5.69. The van der Waals surface area contributed by atoms with Gasteiger partial charge in [0.25, 0.3) is 0 Å². The van der Waals surface area contributed by atoms with Crippen LogP contribution in [0.4, 0.5) is 0 Å². The largest absolute Gasteiger partial charge is 0.300 e. The molecule has 1 heteroatoms. The van der Waals surface area contributed by atoms with Crippen molar-refractivity contribution in [3.05, 3.63) is 0 Å². The normalized spacial score (nSPS) is 37.3. The van der Waals surface area contributed by atoms with E-state index in [1.807, 2.05) is 0 Å². The molecule has 2 aliphatic rings. The fraction of sp³-hybridized carbons (Fsp3) is 1.00. The zero-order valence-electron chi connectivity index (χ0n) is 9.84. The van der Waals surface area contributed by atoms with E-state index >= 15 is 0 Å². The number of piperidine rings is 1. The zero-order valence-corrected chi connectivity index (χ0v) is 9.84. The van der Waals surface area contributed by atoms with E-state index in [-0.39, 0.29) is 0 Å². The SMILES string of the molecule is CC1CC(C)CN(C2CCCCC2)C1. The Morgan fingerprint density at radius 1 is 0.857 bits per heavy atom. The molecule has 0 radical (unpaired) electrons. The molecular formula is C13H25N. The van der Waals surface area contributed by atoms with E-state index in [1.165, 1.54) is 51.6 Å². The van der Waals surface area contributed by atoms with Crippen molar-refractivity contribution in [1.29, 1.82) is 0 Å². The van der Waals surface area contributed by atoms with Crippen LogP contribution in [-0.4, -0.2) is 24.0 Å². The van der Waals surface area contributed by atoms with Gasteiger partial charge in [0.2, 0.25) is 0 Å². The molecule has 1 saturated carbocycles. The molecule has 0 aromatic heterocycles. The van der Waals surface area contributed by atoms with Gasteiger partial charge >= 0.3 is 0 Å². The maximum Gasteiger partial charge on any atom is 0.00954 e. The lowest BCUT2D eigenvalue weighted by atomic mass is 9.87. The number of hydrogen-bond acceptors (Lipinski definition) is 1. The van der Waals surface area contributed by atoms with Gasteiger partial charge in [-0.25, -0.2) is 0 Å². The van der Waals surface area contributed by atoms with Crippen LogP contribution < -0.4 is 0 Å². The number of hydrogen-bond donors (Lipinski definition) is 0. The van der Waals surface area contributed by atoms with Crippen LogP contribution in [-0.2, 0) is 0 Å². The van der Waals surface area contributed by atoms with E-state index in [1.54, 1.807) is 0 Å². The van der Waals surface area contributed by atoms with E-state index in [0.717, 1.165) is 17.9 Å². The molecule has 14 heavy (non-hydrogen) atoms. The van der Waals surface area contributed by atoms with Crippen LogP contribution in [0.1, 0.15) is 52.4 Å². The standard InChI is InChI=1S/C13H25N/c1-11-8-12(2)10-14(9-11)13-6-4-3-5-7-13/h11-13H,3-10H2,1-2H3. The molecule has 1 aliphatic heterocycles. The third kappa shape index (κ3) is 2.50. The number of nitrogens with zero attached hydrogens (tertiary/aromatic N) is 1. The van der Waals surface area contributed by atoms with Gasteiger partial charge in [0.1, 0.15) is 0 Å². The van der Waals surface area contributed by atoms with E-state index < -0.39 is 0 Å². The minimum Gasteiger partial charge on any atom is -0.300 e. The highest BCUT2D eigenvalue weighted by Crippen LogP contribution is 2.28. The minimum atomic E-state index is 0.931. The Morgan fingerprint density at radius 3 is 2.00 bits per heavy atom. The molecule has 1 aliphatic carbocycles. The molecular weight excluding hydrogens is 170 g/mol. The van der Waals surface area contributed by atoms with Crippen LogP contribution in [0, 0.1) is 11.8 Å². The second-order valence-corrected chi connectivity index (χ2v) is 5.69. The molecule has 1 heterocycles. The molecule has 2 atom stereocenters. The summed E-state index contributed by atoms with van der Waals surface area (Å²) in [7, 11) is 0. The van der Waals surface area contributed by atoms with Gasteiger partial charge in [-0.05, 0) is 31.1 Å². The van der Waals surface area contributed by atoms with Crippen molar-refractivity contribution < 1.29 is 0 Å². The lowest BCUT2D eigenvalue weighted by molar-refractivity contribution is 0.0759. The maximum absolute atomic E-state index is 2.79. The van der Waals surface area contributed by atoms with Crippen molar-refractivity contribution in [3.8, 4) is 0 Å². The number of rotatable bonds is 1. The fourth-order valence-corrected chi connectivity index (χ4v) is 3.46. The van der Waals surface area contributed by atoms with Crippen molar-refractivity contribution in [2.75, 3.05) is 13.1 Å². The van der Waals surface area contributed by atoms with Gasteiger partial charge < -0.3 is 0 Å². The van der Waals surface area contributed by atoms with E-state index in [4.69, 9.17) is 0 Å². The average Bonchev–Trinajstić information content (AvgIpc) is 2.18. The third-order valence-electron chi connectivity index (χ3n) is 3.99. The van der Waals surface area contributed by atoms with Crippen LogP contribution in [0.15, 0.2) is 0 Å². The lowest BCUT2D eigenvalue weighted by Crippen LogP contribution is -2.45. The van der Waals surface area contributed by atoms with Crippen molar-refractivity contribution in [2.45, 2.75) is 58.4 Å². The van der Waals surface area contributed by atoms with Crippen LogP contribution in [0.3, 0.4) is 0 Å². The summed E-state index contributed by atoms with van der Waals surface area (Å²) in [5, 5.41) is 0. The molecule has 0 spiro atoms. The summed E-state index contributed by atoms with van der Waals surface area (Å²) in [5.74, 6) is 1.86. The van der Waals surface area contributed by atoms with Gasteiger partial charge in [-0.15, -0.1) is 0 Å². The molecule has 2 rings (SSSR count). The van der Waals surface area contributed by atoms with E-state index in [0.29, 0.717) is 0 Å². The van der Waals surface area contributed by atoms with Crippen molar-refractivity contribution in [1.82, 2.24) is 4.90 Å². The van der Waals surface area contributed by atoms with E-state index in [2.05, 4.69) is 18.7 Å². The fourth-order valence-electron chi connectivity index (χ4n) is 3.46. The Morgan fingerprint density at radius 2 is 1.43 bits per heavy atom. The Balaban J connectivity index is 1.88. The predicted molar refractivity (Wildman–Crippen MR) is 61.4 cm³/mol. The summed E-state index contributed by atoms with van der Waals surface area (Å²) in [6.07, 6.45) is 8.82. The molecule has 82 valence electrons. The van der Waals surface area contributed by atoms with Gasteiger partial charge in [-0.1, -0.05) is 33.1 Å². The van der Waals surface area contributed by atoms with Gasteiger partial charge in [-0.3, -0.25) is 4.90 Å². The Labute approximate surface area is 88.9 Å². The van der Waals surface area contributed by atoms with Crippen molar-refractivity contribution in [2.24, 2.45) is 11.8 Å². The molecule has 0 bridgehead atoms. The summed E-state index contributed by atoms with van der Waals surface area (Å²) < 4.78 is 0.